The molecule has 0 atom stereocenters. The van der Waals surface area contributed by atoms with E-state index < -0.39 is 11.8 Å². The van der Waals surface area contributed by atoms with Gasteiger partial charge in [0.2, 0.25) is 5.78 Å². The van der Waals surface area contributed by atoms with Gasteiger partial charge in [0.25, 0.3) is 0 Å². The highest BCUT2D eigenvalue weighted by atomic mass is 35.5. The highest BCUT2D eigenvalue weighted by Crippen LogP contribution is 2.21. The first-order valence-electron chi connectivity index (χ1n) is 6.24. The molecule has 0 aliphatic carbocycles. The Bertz CT molecular complexity index is 654. The second-order valence-corrected chi connectivity index (χ2v) is 5.24. The summed E-state index contributed by atoms with van der Waals surface area (Å²) < 4.78 is 4.97. The number of hydrogen-bond acceptors (Lipinski definition) is 3. The highest BCUT2D eigenvalue weighted by molar-refractivity contribution is 6.37. The summed E-state index contributed by atoms with van der Waals surface area (Å²) in [5, 5.41) is 0.828. The van der Waals surface area contributed by atoms with Crippen molar-refractivity contribution < 1.29 is 14.3 Å². The molecule has 0 aliphatic heterocycles. The van der Waals surface area contributed by atoms with Crippen molar-refractivity contribution in [1.29, 1.82) is 0 Å². The number of halogens is 2. The summed E-state index contributed by atoms with van der Waals surface area (Å²) in [6.07, 6.45) is -0.108. The summed E-state index contributed by atoms with van der Waals surface area (Å²) in [5.41, 5.74) is 1.37. The predicted molar refractivity (Wildman–Crippen MR) is 81.4 cm³/mol. The molecular weight excluding hydrogens is 311 g/mol. The minimum atomic E-state index is -0.870. The van der Waals surface area contributed by atoms with E-state index in [-0.39, 0.29) is 13.0 Å². The minimum absolute atomic E-state index is 0.0692. The molecule has 0 aromatic heterocycles. The molecule has 0 bridgehead atoms. The Kier molecular flexibility index (Phi) is 5.37. The van der Waals surface area contributed by atoms with E-state index in [1.165, 1.54) is 6.07 Å². The van der Waals surface area contributed by atoms with Crippen LogP contribution in [0.4, 0.5) is 0 Å². The number of carbonyl (C=O) groups excluding carboxylic acids is 2. The SMILES string of the molecule is O=C(Cc1ccc(Cl)cc1Cl)C(=O)OCc1ccccc1. The lowest BCUT2D eigenvalue weighted by atomic mass is 10.1. The maximum Gasteiger partial charge on any atom is 0.375 e. The maximum atomic E-state index is 11.8. The summed E-state index contributed by atoms with van der Waals surface area (Å²) in [7, 11) is 0. The number of Topliss-reactive ketones (excluding diaryl/α,β-unsaturated/α-hetero) is 1. The number of carbonyl (C=O) groups is 2. The lowest BCUT2D eigenvalue weighted by molar-refractivity contribution is -0.154. The third-order valence-corrected chi connectivity index (χ3v) is 3.39. The topological polar surface area (TPSA) is 43.4 Å². The molecule has 0 aliphatic rings. The van der Waals surface area contributed by atoms with E-state index >= 15 is 0 Å². The van der Waals surface area contributed by atoms with Crippen LogP contribution in [-0.2, 0) is 27.4 Å². The highest BCUT2D eigenvalue weighted by Gasteiger charge is 2.17. The fourth-order valence-electron chi connectivity index (χ4n) is 1.71. The quantitative estimate of drug-likeness (QED) is 0.620. The second kappa shape index (κ2) is 7.25. The van der Waals surface area contributed by atoms with E-state index in [9.17, 15) is 9.59 Å². The van der Waals surface area contributed by atoms with Gasteiger partial charge in [-0.3, -0.25) is 4.79 Å². The smallest absolute Gasteiger partial charge is 0.375 e. The van der Waals surface area contributed by atoms with Crippen molar-refractivity contribution in [3.63, 3.8) is 0 Å². The molecule has 0 unspecified atom stereocenters. The Balaban J connectivity index is 1.92. The van der Waals surface area contributed by atoms with Crippen LogP contribution in [0.25, 0.3) is 0 Å². The van der Waals surface area contributed by atoms with E-state index in [1.807, 2.05) is 30.3 Å². The molecule has 0 fully saturated rings. The summed E-state index contributed by atoms with van der Waals surface area (Å²) in [5.74, 6) is -1.51. The standard InChI is InChI=1S/C16H12Cl2O3/c17-13-7-6-12(14(18)9-13)8-15(19)16(20)21-10-11-4-2-1-3-5-11/h1-7,9H,8,10H2. The number of ether oxygens (including phenoxy) is 1. The summed E-state index contributed by atoms with van der Waals surface area (Å²) in [4.78, 5) is 23.5. The Morgan fingerprint density at radius 1 is 1.00 bits per heavy atom. The van der Waals surface area contributed by atoms with Crippen LogP contribution in [0.1, 0.15) is 11.1 Å². The zero-order chi connectivity index (χ0) is 15.2. The van der Waals surface area contributed by atoms with Gasteiger partial charge in [0.1, 0.15) is 6.61 Å². The van der Waals surface area contributed by atoms with Crippen molar-refractivity contribution in [3.8, 4) is 0 Å². The molecule has 0 heterocycles. The van der Waals surface area contributed by atoms with Gasteiger partial charge in [-0.05, 0) is 23.3 Å². The summed E-state index contributed by atoms with van der Waals surface area (Å²) in [6.45, 7) is 0.0692. The normalized spacial score (nSPS) is 10.2. The van der Waals surface area contributed by atoms with Crippen LogP contribution in [0.2, 0.25) is 10.0 Å². The maximum absolute atomic E-state index is 11.8. The Labute approximate surface area is 132 Å². The van der Waals surface area contributed by atoms with Gasteiger partial charge in [0, 0.05) is 16.5 Å². The third kappa shape index (κ3) is 4.59. The Morgan fingerprint density at radius 3 is 2.38 bits per heavy atom. The van der Waals surface area contributed by atoms with Gasteiger partial charge in [-0.1, -0.05) is 59.6 Å². The number of esters is 1. The number of rotatable bonds is 5. The van der Waals surface area contributed by atoms with Crippen LogP contribution >= 0.6 is 23.2 Å². The van der Waals surface area contributed by atoms with Crippen LogP contribution in [0.15, 0.2) is 48.5 Å². The predicted octanol–water partition coefficient (Wildman–Crippen LogP) is 3.85. The van der Waals surface area contributed by atoms with Crippen molar-refractivity contribution in [3.05, 3.63) is 69.7 Å². The van der Waals surface area contributed by atoms with E-state index in [0.717, 1.165) is 5.56 Å². The molecular formula is C16H12Cl2O3. The van der Waals surface area contributed by atoms with E-state index in [1.54, 1.807) is 12.1 Å². The molecule has 0 saturated carbocycles. The van der Waals surface area contributed by atoms with Gasteiger partial charge in [0.05, 0.1) is 0 Å². The van der Waals surface area contributed by atoms with E-state index in [0.29, 0.717) is 15.6 Å². The molecule has 2 aromatic rings. The monoisotopic (exact) mass is 322 g/mol. The van der Waals surface area contributed by atoms with Crippen molar-refractivity contribution in [1.82, 2.24) is 0 Å². The van der Waals surface area contributed by atoms with Gasteiger partial charge >= 0.3 is 5.97 Å². The van der Waals surface area contributed by atoms with Crippen molar-refractivity contribution in [2.24, 2.45) is 0 Å². The number of benzene rings is 2. The lowest BCUT2D eigenvalue weighted by Crippen LogP contribution is -2.19. The first kappa shape index (κ1) is 15.5. The van der Waals surface area contributed by atoms with Crippen molar-refractivity contribution in [2.75, 3.05) is 0 Å². The van der Waals surface area contributed by atoms with Crippen LogP contribution in [0.3, 0.4) is 0 Å². The van der Waals surface area contributed by atoms with Crippen LogP contribution in [-0.4, -0.2) is 11.8 Å². The van der Waals surface area contributed by atoms with Crippen LogP contribution < -0.4 is 0 Å². The van der Waals surface area contributed by atoms with Gasteiger partial charge in [-0.15, -0.1) is 0 Å². The molecule has 5 heteroatoms. The molecule has 2 rings (SSSR count). The first-order chi connectivity index (χ1) is 10.1. The molecule has 3 nitrogen and oxygen atoms in total. The molecule has 0 spiro atoms. The lowest BCUT2D eigenvalue weighted by Gasteiger charge is -2.05. The van der Waals surface area contributed by atoms with E-state index in [2.05, 4.69) is 0 Å². The zero-order valence-corrected chi connectivity index (χ0v) is 12.5. The molecule has 108 valence electrons. The van der Waals surface area contributed by atoms with E-state index in [4.69, 9.17) is 27.9 Å². The molecule has 0 saturated heterocycles. The Hall–Kier alpha value is -1.84. The zero-order valence-electron chi connectivity index (χ0n) is 11.0. The average molecular weight is 323 g/mol. The molecule has 2 aromatic carbocycles. The number of ketones is 1. The first-order valence-corrected chi connectivity index (χ1v) is 6.99. The fraction of sp³-hybridized carbons (Fsp3) is 0.125. The second-order valence-electron chi connectivity index (χ2n) is 4.40. The molecule has 0 radical (unpaired) electrons. The van der Waals surface area contributed by atoms with Crippen LogP contribution in [0, 0.1) is 0 Å². The molecule has 0 N–H and O–H groups in total. The largest absolute Gasteiger partial charge is 0.455 e. The molecule has 21 heavy (non-hydrogen) atoms. The average Bonchev–Trinajstić information content (AvgIpc) is 2.48. The minimum Gasteiger partial charge on any atom is -0.455 e. The van der Waals surface area contributed by atoms with Gasteiger partial charge in [0.15, 0.2) is 0 Å². The van der Waals surface area contributed by atoms with Gasteiger partial charge in [-0.2, -0.15) is 0 Å². The molecule has 0 amide bonds. The fourth-order valence-corrected chi connectivity index (χ4v) is 2.19. The number of hydrogen-bond donors (Lipinski definition) is 0. The third-order valence-electron chi connectivity index (χ3n) is 2.81. The summed E-state index contributed by atoms with van der Waals surface area (Å²) in [6, 6.07) is 13.9. The Morgan fingerprint density at radius 2 is 1.71 bits per heavy atom. The van der Waals surface area contributed by atoms with Gasteiger partial charge in [-0.25, -0.2) is 4.79 Å². The van der Waals surface area contributed by atoms with Gasteiger partial charge < -0.3 is 4.74 Å². The summed E-state index contributed by atoms with van der Waals surface area (Å²) >= 11 is 11.7. The van der Waals surface area contributed by atoms with Crippen molar-refractivity contribution >= 4 is 35.0 Å². The van der Waals surface area contributed by atoms with Crippen LogP contribution in [0.5, 0.6) is 0 Å². The van der Waals surface area contributed by atoms with Crippen molar-refractivity contribution in [2.45, 2.75) is 13.0 Å².